The van der Waals surface area contributed by atoms with Gasteiger partial charge >= 0.3 is 0 Å². The van der Waals surface area contributed by atoms with E-state index in [-0.39, 0.29) is 0 Å². The molecule has 1 aliphatic rings. The van der Waals surface area contributed by atoms with Crippen molar-refractivity contribution >= 4 is 21.6 Å². The highest BCUT2D eigenvalue weighted by molar-refractivity contribution is 9.10. The summed E-state index contributed by atoms with van der Waals surface area (Å²) in [7, 11) is 1.75. The van der Waals surface area contributed by atoms with Gasteiger partial charge in [-0.25, -0.2) is 0 Å². The van der Waals surface area contributed by atoms with E-state index < -0.39 is 0 Å². The molecular weight excluding hydrogens is 242 g/mol. The third-order valence-electron chi connectivity index (χ3n) is 2.66. The number of rotatable bonds is 3. The monoisotopic (exact) mass is 255 g/mol. The van der Waals surface area contributed by atoms with Crippen LogP contribution in [0.25, 0.3) is 0 Å². The Balaban J connectivity index is 2.14. The van der Waals surface area contributed by atoms with Crippen molar-refractivity contribution in [2.45, 2.75) is 12.3 Å². The van der Waals surface area contributed by atoms with E-state index in [0.29, 0.717) is 5.92 Å². The summed E-state index contributed by atoms with van der Waals surface area (Å²) >= 11 is 3.47. The van der Waals surface area contributed by atoms with Gasteiger partial charge < -0.3 is 10.1 Å². The summed E-state index contributed by atoms with van der Waals surface area (Å²) in [6.07, 6.45) is 1.10. The fraction of sp³-hybridized carbons (Fsp3) is 0.455. The maximum atomic E-state index is 5.11. The van der Waals surface area contributed by atoms with Crippen molar-refractivity contribution in [2.75, 3.05) is 25.6 Å². The van der Waals surface area contributed by atoms with Crippen LogP contribution in [0.15, 0.2) is 22.7 Å². The molecule has 1 aromatic rings. The molecule has 0 spiro atoms. The molecule has 2 nitrogen and oxygen atoms in total. The van der Waals surface area contributed by atoms with Crippen LogP contribution < -0.4 is 5.32 Å². The molecule has 0 aromatic heterocycles. The van der Waals surface area contributed by atoms with Crippen LogP contribution in [0.3, 0.4) is 0 Å². The maximum Gasteiger partial charge on any atom is 0.0468 e. The van der Waals surface area contributed by atoms with E-state index in [0.717, 1.165) is 24.0 Å². The molecule has 0 radical (unpaired) electrons. The lowest BCUT2D eigenvalue weighted by Gasteiger charge is -2.08. The highest BCUT2D eigenvalue weighted by Crippen LogP contribution is 2.35. The Bertz CT molecular complexity index is 327. The number of nitrogens with one attached hydrogen (secondary N) is 1. The second kappa shape index (κ2) is 4.32. The van der Waals surface area contributed by atoms with Crippen molar-refractivity contribution in [2.24, 2.45) is 0 Å². The molecule has 0 saturated heterocycles. The largest absolute Gasteiger partial charge is 0.385 e. The summed E-state index contributed by atoms with van der Waals surface area (Å²) in [6, 6.07) is 6.44. The first-order chi connectivity index (χ1) is 6.81. The first kappa shape index (κ1) is 9.99. The van der Waals surface area contributed by atoms with E-state index in [1.807, 2.05) is 0 Å². The second-order valence-electron chi connectivity index (χ2n) is 3.59. The first-order valence-corrected chi connectivity index (χ1v) is 5.63. The summed E-state index contributed by atoms with van der Waals surface area (Å²) in [5.74, 6) is 0.609. The number of benzene rings is 1. The van der Waals surface area contributed by atoms with E-state index in [1.54, 1.807) is 7.11 Å². The number of methoxy groups -OCH3 is 1. The zero-order chi connectivity index (χ0) is 9.97. The Morgan fingerprint density at radius 2 is 2.43 bits per heavy atom. The third-order valence-corrected chi connectivity index (χ3v) is 3.16. The minimum atomic E-state index is 0.609. The average Bonchev–Trinajstić information content (AvgIpc) is 2.57. The molecule has 3 heteroatoms. The summed E-state index contributed by atoms with van der Waals surface area (Å²) in [5.41, 5.74) is 2.69. The quantitative estimate of drug-likeness (QED) is 0.897. The Kier molecular flexibility index (Phi) is 3.08. The fourth-order valence-corrected chi connectivity index (χ4v) is 2.26. The van der Waals surface area contributed by atoms with Gasteiger partial charge in [0.2, 0.25) is 0 Å². The lowest BCUT2D eigenvalue weighted by Crippen LogP contribution is -2.04. The maximum absolute atomic E-state index is 5.11. The normalized spacial score (nSPS) is 19.1. The molecule has 14 heavy (non-hydrogen) atoms. The molecule has 1 heterocycles. The Morgan fingerprint density at radius 1 is 1.57 bits per heavy atom. The van der Waals surface area contributed by atoms with E-state index >= 15 is 0 Å². The Morgan fingerprint density at radius 3 is 3.21 bits per heavy atom. The fourth-order valence-electron chi connectivity index (χ4n) is 1.90. The number of hydrogen-bond donors (Lipinski definition) is 1. The SMILES string of the molecule is COCCC1CNc2cc(Br)ccc21. The van der Waals surface area contributed by atoms with Gasteiger partial charge in [0.25, 0.3) is 0 Å². The predicted octanol–water partition coefficient (Wildman–Crippen LogP) is 2.99. The number of fused-ring (bicyclic) bond motifs is 1. The van der Waals surface area contributed by atoms with E-state index in [1.165, 1.54) is 11.3 Å². The molecule has 1 N–H and O–H groups in total. The van der Waals surface area contributed by atoms with E-state index in [4.69, 9.17) is 4.74 Å². The molecule has 0 bridgehead atoms. The molecule has 1 aromatic carbocycles. The van der Waals surface area contributed by atoms with Crippen LogP contribution in [-0.4, -0.2) is 20.3 Å². The standard InChI is InChI=1S/C11H14BrNO/c1-14-5-4-8-7-13-11-6-9(12)2-3-10(8)11/h2-3,6,8,13H,4-5,7H2,1H3. The van der Waals surface area contributed by atoms with Crippen LogP contribution in [0, 0.1) is 0 Å². The van der Waals surface area contributed by atoms with Crippen LogP contribution in [0.5, 0.6) is 0 Å². The number of halogens is 1. The van der Waals surface area contributed by atoms with Crippen molar-refractivity contribution in [3.05, 3.63) is 28.2 Å². The van der Waals surface area contributed by atoms with Crippen LogP contribution in [0.2, 0.25) is 0 Å². The Hall–Kier alpha value is -0.540. The molecule has 76 valence electrons. The predicted molar refractivity (Wildman–Crippen MR) is 61.9 cm³/mol. The minimum absolute atomic E-state index is 0.609. The minimum Gasteiger partial charge on any atom is -0.385 e. The van der Waals surface area contributed by atoms with Gasteiger partial charge in [-0.15, -0.1) is 0 Å². The van der Waals surface area contributed by atoms with Crippen molar-refractivity contribution in [1.82, 2.24) is 0 Å². The molecule has 0 fully saturated rings. The molecule has 1 aliphatic heterocycles. The van der Waals surface area contributed by atoms with Gasteiger partial charge in [0, 0.05) is 36.3 Å². The van der Waals surface area contributed by atoms with Crippen molar-refractivity contribution in [3.63, 3.8) is 0 Å². The summed E-state index contributed by atoms with van der Waals surface area (Å²) in [5, 5.41) is 3.41. The first-order valence-electron chi connectivity index (χ1n) is 4.83. The lowest BCUT2D eigenvalue weighted by molar-refractivity contribution is 0.189. The van der Waals surface area contributed by atoms with Gasteiger partial charge in [0.05, 0.1) is 0 Å². The van der Waals surface area contributed by atoms with Crippen molar-refractivity contribution in [1.29, 1.82) is 0 Å². The van der Waals surface area contributed by atoms with E-state index in [2.05, 4.69) is 39.4 Å². The summed E-state index contributed by atoms with van der Waals surface area (Å²) in [6.45, 7) is 1.87. The molecule has 0 saturated carbocycles. The second-order valence-corrected chi connectivity index (χ2v) is 4.51. The summed E-state index contributed by atoms with van der Waals surface area (Å²) < 4.78 is 6.24. The molecule has 2 rings (SSSR count). The number of hydrogen-bond acceptors (Lipinski definition) is 2. The van der Waals surface area contributed by atoms with Crippen LogP contribution in [0.1, 0.15) is 17.9 Å². The zero-order valence-electron chi connectivity index (χ0n) is 8.22. The highest BCUT2D eigenvalue weighted by Gasteiger charge is 2.21. The highest BCUT2D eigenvalue weighted by atomic mass is 79.9. The number of anilines is 1. The zero-order valence-corrected chi connectivity index (χ0v) is 9.80. The molecular formula is C11H14BrNO. The summed E-state index contributed by atoms with van der Waals surface area (Å²) in [4.78, 5) is 0. The molecule has 0 amide bonds. The van der Waals surface area contributed by atoms with Crippen molar-refractivity contribution in [3.8, 4) is 0 Å². The van der Waals surface area contributed by atoms with E-state index in [9.17, 15) is 0 Å². The van der Waals surface area contributed by atoms with Crippen LogP contribution in [-0.2, 0) is 4.74 Å². The topological polar surface area (TPSA) is 21.3 Å². The van der Waals surface area contributed by atoms with Gasteiger partial charge in [-0.2, -0.15) is 0 Å². The lowest BCUT2D eigenvalue weighted by atomic mass is 9.98. The molecule has 1 atom stereocenters. The van der Waals surface area contributed by atoms with Crippen LogP contribution >= 0.6 is 15.9 Å². The van der Waals surface area contributed by atoms with Gasteiger partial charge in [-0.1, -0.05) is 22.0 Å². The van der Waals surface area contributed by atoms with Gasteiger partial charge in [-0.05, 0) is 24.1 Å². The molecule has 0 aliphatic carbocycles. The van der Waals surface area contributed by atoms with Gasteiger partial charge in [0.1, 0.15) is 0 Å². The number of ether oxygens (including phenoxy) is 1. The molecule has 1 unspecified atom stereocenters. The average molecular weight is 256 g/mol. The van der Waals surface area contributed by atoms with Crippen molar-refractivity contribution < 1.29 is 4.74 Å². The Labute approximate surface area is 92.8 Å². The smallest absolute Gasteiger partial charge is 0.0468 e. The van der Waals surface area contributed by atoms with Crippen LogP contribution in [0.4, 0.5) is 5.69 Å². The van der Waals surface area contributed by atoms with Gasteiger partial charge in [0.15, 0.2) is 0 Å². The third kappa shape index (κ3) is 1.93. The van der Waals surface area contributed by atoms with Gasteiger partial charge in [-0.3, -0.25) is 0 Å².